The largest absolute Gasteiger partial charge is 0.355 e. The minimum atomic E-state index is 0.217. The SMILES string of the molecule is CC(C)N(C)CCNC(=O)C1CCCC(CCN)C1. The molecule has 4 heteroatoms. The molecule has 0 spiro atoms. The highest BCUT2D eigenvalue weighted by atomic mass is 16.1. The normalized spacial score (nSPS) is 23.9. The molecular formula is C15H31N3O. The van der Waals surface area contributed by atoms with Gasteiger partial charge in [-0.1, -0.05) is 12.8 Å². The number of carbonyl (C=O) groups is 1. The Kier molecular flexibility index (Phi) is 7.39. The van der Waals surface area contributed by atoms with Crippen molar-refractivity contribution < 1.29 is 4.79 Å². The fraction of sp³-hybridized carbons (Fsp3) is 0.933. The third kappa shape index (κ3) is 5.91. The number of nitrogens with zero attached hydrogens (tertiary/aromatic N) is 1. The van der Waals surface area contributed by atoms with Crippen LogP contribution in [0.3, 0.4) is 0 Å². The molecule has 3 N–H and O–H groups in total. The average Bonchev–Trinajstić information content (AvgIpc) is 2.39. The lowest BCUT2D eigenvalue weighted by molar-refractivity contribution is -0.126. The van der Waals surface area contributed by atoms with Gasteiger partial charge in [-0.2, -0.15) is 0 Å². The molecule has 0 aromatic carbocycles. The monoisotopic (exact) mass is 269 g/mol. The second-order valence-electron chi connectivity index (χ2n) is 6.17. The van der Waals surface area contributed by atoms with Crippen LogP contribution in [0, 0.1) is 11.8 Å². The van der Waals surface area contributed by atoms with E-state index in [1.54, 1.807) is 0 Å². The first-order valence-electron chi connectivity index (χ1n) is 7.72. The average molecular weight is 269 g/mol. The Morgan fingerprint density at radius 3 is 2.79 bits per heavy atom. The predicted molar refractivity (Wildman–Crippen MR) is 79.9 cm³/mol. The quantitative estimate of drug-likeness (QED) is 0.738. The molecule has 0 aliphatic heterocycles. The molecule has 1 aliphatic carbocycles. The summed E-state index contributed by atoms with van der Waals surface area (Å²) < 4.78 is 0. The summed E-state index contributed by atoms with van der Waals surface area (Å²) in [6.07, 6.45) is 5.57. The summed E-state index contributed by atoms with van der Waals surface area (Å²) in [6, 6.07) is 0.528. The first-order valence-corrected chi connectivity index (χ1v) is 7.72. The van der Waals surface area contributed by atoms with E-state index in [1.807, 2.05) is 0 Å². The van der Waals surface area contributed by atoms with E-state index >= 15 is 0 Å². The molecule has 19 heavy (non-hydrogen) atoms. The molecule has 0 radical (unpaired) electrons. The molecule has 2 atom stereocenters. The van der Waals surface area contributed by atoms with Gasteiger partial charge in [-0.15, -0.1) is 0 Å². The maximum absolute atomic E-state index is 12.1. The standard InChI is InChI=1S/C15H31N3O/c1-12(2)18(3)10-9-17-15(19)14-6-4-5-13(11-14)7-8-16/h12-14H,4-11,16H2,1-3H3,(H,17,19). The van der Waals surface area contributed by atoms with Gasteiger partial charge in [0.1, 0.15) is 0 Å². The summed E-state index contributed by atoms with van der Waals surface area (Å²) in [5, 5.41) is 3.09. The number of amides is 1. The van der Waals surface area contributed by atoms with Crippen molar-refractivity contribution in [3.63, 3.8) is 0 Å². The van der Waals surface area contributed by atoms with E-state index < -0.39 is 0 Å². The van der Waals surface area contributed by atoms with Gasteiger partial charge in [0.15, 0.2) is 0 Å². The van der Waals surface area contributed by atoms with E-state index in [-0.39, 0.29) is 11.8 Å². The first kappa shape index (κ1) is 16.4. The Labute approximate surface area is 118 Å². The van der Waals surface area contributed by atoms with Crippen LogP contribution < -0.4 is 11.1 Å². The second kappa shape index (κ2) is 8.54. The Balaban J connectivity index is 2.25. The van der Waals surface area contributed by atoms with Crippen molar-refractivity contribution >= 4 is 5.91 Å². The minimum absolute atomic E-state index is 0.217. The van der Waals surface area contributed by atoms with Crippen molar-refractivity contribution in [1.82, 2.24) is 10.2 Å². The number of hydrogen-bond acceptors (Lipinski definition) is 3. The Morgan fingerprint density at radius 1 is 1.42 bits per heavy atom. The van der Waals surface area contributed by atoms with Gasteiger partial charge in [0.25, 0.3) is 0 Å². The highest BCUT2D eigenvalue weighted by Gasteiger charge is 2.26. The van der Waals surface area contributed by atoms with Gasteiger partial charge in [0.05, 0.1) is 0 Å². The van der Waals surface area contributed by atoms with Gasteiger partial charge in [0, 0.05) is 25.0 Å². The number of carbonyl (C=O) groups excluding carboxylic acids is 1. The van der Waals surface area contributed by atoms with Crippen molar-refractivity contribution in [2.45, 2.75) is 52.0 Å². The van der Waals surface area contributed by atoms with Gasteiger partial charge in [-0.3, -0.25) is 4.79 Å². The van der Waals surface area contributed by atoms with E-state index in [9.17, 15) is 4.79 Å². The highest BCUT2D eigenvalue weighted by Crippen LogP contribution is 2.30. The molecular weight excluding hydrogens is 238 g/mol. The van der Waals surface area contributed by atoms with Crippen molar-refractivity contribution in [2.24, 2.45) is 17.6 Å². The van der Waals surface area contributed by atoms with Gasteiger partial charge in [0.2, 0.25) is 5.91 Å². The topological polar surface area (TPSA) is 58.4 Å². The highest BCUT2D eigenvalue weighted by molar-refractivity contribution is 5.78. The molecule has 112 valence electrons. The summed E-state index contributed by atoms with van der Waals surface area (Å²) in [7, 11) is 2.09. The van der Waals surface area contributed by atoms with Crippen molar-refractivity contribution in [1.29, 1.82) is 0 Å². The zero-order chi connectivity index (χ0) is 14.3. The molecule has 1 fully saturated rings. The third-order valence-electron chi connectivity index (χ3n) is 4.37. The van der Waals surface area contributed by atoms with Crippen molar-refractivity contribution in [3.8, 4) is 0 Å². The zero-order valence-electron chi connectivity index (χ0n) is 12.8. The summed E-state index contributed by atoms with van der Waals surface area (Å²) in [4.78, 5) is 14.4. The Bertz CT molecular complexity index is 266. The van der Waals surface area contributed by atoms with Crippen LogP contribution in [0.4, 0.5) is 0 Å². The molecule has 0 aromatic heterocycles. The predicted octanol–water partition coefficient (Wildman–Crippen LogP) is 1.60. The molecule has 0 saturated heterocycles. The summed E-state index contributed by atoms with van der Waals surface area (Å²) in [5.41, 5.74) is 5.62. The van der Waals surface area contributed by atoms with E-state index in [4.69, 9.17) is 5.73 Å². The van der Waals surface area contributed by atoms with Gasteiger partial charge < -0.3 is 16.0 Å². The zero-order valence-corrected chi connectivity index (χ0v) is 12.8. The summed E-state index contributed by atoms with van der Waals surface area (Å²) in [6.45, 7) is 6.76. The van der Waals surface area contributed by atoms with Crippen molar-refractivity contribution in [3.05, 3.63) is 0 Å². The molecule has 1 aliphatic rings. The van der Waals surface area contributed by atoms with E-state index in [1.165, 1.54) is 12.8 Å². The summed E-state index contributed by atoms with van der Waals surface area (Å²) >= 11 is 0. The smallest absolute Gasteiger partial charge is 0.223 e. The molecule has 1 amide bonds. The fourth-order valence-electron chi connectivity index (χ4n) is 2.79. The van der Waals surface area contributed by atoms with Crippen LogP contribution in [-0.2, 0) is 4.79 Å². The lowest BCUT2D eigenvalue weighted by Gasteiger charge is -2.28. The molecule has 4 nitrogen and oxygen atoms in total. The van der Waals surface area contributed by atoms with Crippen LogP contribution in [-0.4, -0.2) is 43.5 Å². The summed E-state index contributed by atoms with van der Waals surface area (Å²) in [5.74, 6) is 1.13. The molecule has 0 aromatic rings. The number of nitrogens with two attached hydrogens (primary N) is 1. The van der Waals surface area contributed by atoms with Crippen LogP contribution >= 0.6 is 0 Å². The molecule has 0 heterocycles. The number of nitrogens with one attached hydrogen (secondary N) is 1. The van der Waals surface area contributed by atoms with E-state index in [0.29, 0.717) is 12.0 Å². The molecule has 1 rings (SSSR count). The number of hydrogen-bond donors (Lipinski definition) is 2. The van der Waals surface area contributed by atoms with Crippen LogP contribution in [0.5, 0.6) is 0 Å². The number of rotatable bonds is 7. The minimum Gasteiger partial charge on any atom is -0.355 e. The van der Waals surface area contributed by atoms with Crippen LogP contribution in [0.1, 0.15) is 46.0 Å². The van der Waals surface area contributed by atoms with Gasteiger partial charge >= 0.3 is 0 Å². The Morgan fingerprint density at radius 2 is 2.16 bits per heavy atom. The second-order valence-corrected chi connectivity index (χ2v) is 6.17. The van der Waals surface area contributed by atoms with Gasteiger partial charge in [-0.05, 0) is 52.6 Å². The van der Waals surface area contributed by atoms with E-state index in [2.05, 4.69) is 31.1 Å². The first-order chi connectivity index (χ1) is 9.04. The third-order valence-corrected chi connectivity index (χ3v) is 4.37. The maximum Gasteiger partial charge on any atom is 0.223 e. The maximum atomic E-state index is 12.1. The molecule has 2 unspecified atom stereocenters. The molecule has 1 saturated carbocycles. The molecule has 0 bridgehead atoms. The lowest BCUT2D eigenvalue weighted by Crippen LogP contribution is -2.39. The van der Waals surface area contributed by atoms with E-state index in [0.717, 1.165) is 38.9 Å². The van der Waals surface area contributed by atoms with Crippen LogP contribution in [0.25, 0.3) is 0 Å². The van der Waals surface area contributed by atoms with Gasteiger partial charge in [-0.25, -0.2) is 0 Å². The number of likely N-dealkylation sites (N-methyl/N-ethyl adjacent to an activating group) is 1. The Hall–Kier alpha value is -0.610. The van der Waals surface area contributed by atoms with Crippen molar-refractivity contribution in [2.75, 3.05) is 26.7 Å². The lowest BCUT2D eigenvalue weighted by atomic mass is 9.79. The fourth-order valence-corrected chi connectivity index (χ4v) is 2.79. The van der Waals surface area contributed by atoms with Crippen LogP contribution in [0.2, 0.25) is 0 Å². The van der Waals surface area contributed by atoms with Crippen LogP contribution in [0.15, 0.2) is 0 Å².